The van der Waals surface area contributed by atoms with Crippen LogP contribution in [-0.2, 0) is 22.7 Å². The van der Waals surface area contributed by atoms with E-state index in [9.17, 15) is 14.4 Å². The highest BCUT2D eigenvalue weighted by atomic mass is 35.5. The van der Waals surface area contributed by atoms with Crippen molar-refractivity contribution in [2.45, 2.75) is 44.8 Å². The number of hydrogen-bond acceptors (Lipinski definition) is 3. The summed E-state index contributed by atoms with van der Waals surface area (Å²) >= 11 is 12.1. The second-order valence-electron chi connectivity index (χ2n) is 7.49. The van der Waals surface area contributed by atoms with Gasteiger partial charge in [0.05, 0.1) is 10.0 Å². The van der Waals surface area contributed by atoms with Crippen LogP contribution in [0, 0.1) is 11.8 Å². The molecule has 6 nitrogen and oxygen atoms in total. The Bertz CT molecular complexity index is 793. The Balaban J connectivity index is 1.49. The number of nitrogens with zero attached hydrogens (tertiary/aromatic N) is 1. The first-order chi connectivity index (χ1) is 12.3. The average molecular weight is 396 g/mol. The van der Waals surface area contributed by atoms with E-state index < -0.39 is 11.6 Å². The largest absolute Gasteiger partial charge is 0.334 e. The first-order valence-corrected chi connectivity index (χ1v) is 9.45. The zero-order chi connectivity index (χ0) is 18.6. The smallest absolute Gasteiger partial charge is 0.322 e. The summed E-state index contributed by atoms with van der Waals surface area (Å²) in [6.07, 6.45) is 2.09. The highest BCUT2D eigenvalue weighted by Crippen LogP contribution is 2.45. The minimum absolute atomic E-state index is 0.0394. The maximum absolute atomic E-state index is 13.0. The lowest BCUT2D eigenvalue weighted by atomic mass is 9.83. The van der Waals surface area contributed by atoms with E-state index in [4.69, 9.17) is 23.2 Å². The van der Waals surface area contributed by atoms with Gasteiger partial charge in [0.15, 0.2) is 0 Å². The van der Waals surface area contributed by atoms with Gasteiger partial charge in [-0.15, -0.1) is 0 Å². The van der Waals surface area contributed by atoms with Gasteiger partial charge in [-0.3, -0.25) is 14.9 Å². The number of halogens is 2. The summed E-state index contributed by atoms with van der Waals surface area (Å²) in [5.74, 6) is -0.632. The van der Waals surface area contributed by atoms with Crippen LogP contribution in [0.2, 0.25) is 10.0 Å². The molecule has 1 aliphatic carbocycles. The van der Waals surface area contributed by atoms with Gasteiger partial charge in [-0.1, -0.05) is 30.1 Å². The predicted molar refractivity (Wildman–Crippen MR) is 96.6 cm³/mol. The average Bonchev–Trinajstić information content (AvgIpc) is 3.29. The van der Waals surface area contributed by atoms with Crippen molar-refractivity contribution in [3.8, 4) is 0 Å². The van der Waals surface area contributed by atoms with Gasteiger partial charge >= 0.3 is 6.03 Å². The molecule has 1 aromatic rings. The molecule has 2 N–H and O–H groups in total. The van der Waals surface area contributed by atoms with Crippen molar-refractivity contribution >= 4 is 41.0 Å². The van der Waals surface area contributed by atoms with Gasteiger partial charge in [0.1, 0.15) is 5.54 Å². The summed E-state index contributed by atoms with van der Waals surface area (Å²) < 4.78 is 0. The Hall–Kier alpha value is -1.79. The fourth-order valence-electron chi connectivity index (χ4n) is 4.11. The fraction of sp³-hybridized carbons (Fsp3) is 0.500. The lowest BCUT2D eigenvalue weighted by Crippen LogP contribution is -2.51. The molecule has 0 radical (unpaired) electrons. The van der Waals surface area contributed by atoms with Crippen molar-refractivity contribution < 1.29 is 14.4 Å². The van der Waals surface area contributed by atoms with Gasteiger partial charge in [0.2, 0.25) is 5.91 Å². The number of fused-ring (bicyclic) bond motifs is 1. The number of rotatable bonds is 4. The molecule has 0 spiro atoms. The molecule has 8 heteroatoms. The molecular weight excluding hydrogens is 377 g/mol. The molecule has 0 aromatic heterocycles. The molecule has 4 amide bonds. The summed E-state index contributed by atoms with van der Waals surface area (Å²) in [5, 5.41) is 6.06. The quantitative estimate of drug-likeness (QED) is 0.769. The lowest BCUT2D eigenvalue weighted by Gasteiger charge is -2.30. The first-order valence-electron chi connectivity index (χ1n) is 8.69. The molecule has 1 unspecified atom stereocenters. The topological polar surface area (TPSA) is 78.5 Å². The number of benzene rings is 1. The second kappa shape index (κ2) is 6.13. The number of hydrogen-bond donors (Lipinski definition) is 2. The van der Waals surface area contributed by atoms with Crippen LogP contribution in [0.3, 0.4) is 0 Å². The summed E-state index contributed by atoms with van der Waals surface area (Å²) in [6, 6.07) is 3.13. The van der Waals surface area contributed by atoms with Crippen molar-refractivity contribution in [1.29, 1.82) is 0 Å². The van der Waals surface area contributed by atoms with Crippen molar-refractivity contribution in [1.82, 2.24) is 15.5 Å². The van der Waals surface area contributed by atoms with Gasteiger partial charge < -0.3 is 10.2 Å². The van der Waals surface area contributed by atoms with E-state index in [-0.39, 0.29) is 23.7 Å². The number of carbonyl (C=O) groups is 3. The molecule has 4 rings (SSSR count). The monoisotopic (exact) mass is 395 g/mol. The molecule has 2 fully saturated rings. The van der Waals surface area contributed by atoms with Crippen LogP contribution in [0.4, 0.5) is 4.79 Å². The van der Waals surface area contributed by atoms with E-state index in [0.717, 1.165) is 24.0 Å². The molecule has 138 valence electrons. The van der Waals surface area contributed by atoms with E-state index in [1.807, 2.05) is 6.92 Å². The van der Waals surface area contributed by atoms with Crippen molar-refractivity contribution in [2.75, 3.05) is 0 Å². The number of amides is 4. The summed E-state index contributed by atoms with van der Waals surface area (Å²) in [5.41, 5.74) is 1.03. The van der Waals surface area contributed by atoms with E-state index >= 15 is 0 Å². The van der Waals surface area contributed by atoms with Crippen LogP contribution in [0.5, 0.6) is 0 Å². The van der Waals surface area contributed by atoms with Gasteiger partial charge in [-0.2, -0.15) is 0 Å². The van der Waals surface area contributed by atoms with Gasteiger partial charge in [0.25, 0.3) is 5.91 Å². The highest BCUT2D eigenvalue weighted by molar-refractivity contribution is 6.42. The normalized spacial score (nSPS) is 25.7. The maximum Gasteiger partial charge on any atom is 0.322 e. The number of urea groups is 1. The Morgan fingerprint density at radius 3 is 2.27 bits per heavy atom. The summed E-state index contributed by atoms with van der Waals surface area (Å²) in [7, 11) is 0. The SMILES string of the molecule is CC(C[C@@]1(C2CC2)NC(=O)NC1=O)C(=O)N1Cc2cc(Cl)c(Cl)cc2C1. The Labute approximate surface area is 161 Å². The predicted octanol–water partition coefficient (Wildman–Crippen LogP) is 2.85. The molecule has 0 bridgehead atoms. The number of nitrogens with one attached hydrogen (secondary N) is 2. The molecule has 1 aromatic carbocycles. The van der Waals surface area contributed by atoms with Crippen LogP contribution in [0.1, 0.15) is 37.3 Å². The molecule has 26 heavy (non-hydrogen) atoms. The van der Waals surface area contributed by atoms with Crippen LogP contribution in [-0.4, -0.2) is 28.3 Å². The van der Waals surface area contributed by atoms with Gasteiger partial charge in [-0.25, -0.2) is 4.79 Å². The zero-order valence-corrected chi connectivity index (χ0v) is 15.8. The lowest BCUT2D eigenvalue weighted by molar-refractivity contribution is -0.137. The first kappa shape index (κ1) is 17.6. The Kier molecular flexibility index (Phi) is 4.15. The third-order valence-corrected chi connectivity index (χ3v) is 6.29. The van der Waals surface area contributed by atoms with Crippen molar-refractivity contribution in [2.24, 2.45) is 11.8 Å². The fourth-order valence-corrected chi connectivity index (χ4v) is 4.48. The number of carbonyl (C=O) groups excluding carboxylic acids is 3. The standard InChI is InChI=1S/C18H19Cl2N3O3/c1-9(6-18(12-2-3-12)16(25)21-17(26)22-18)15(24)23-7-10-4-13(19)14(20)5-11(10)8-23/h4-5,9,12H,2-3,6-8H2,1H3,(H2,21,22,25,26)/t9?,18-/m0/s1. The van der Waals surface area contributed by atoms with Crippen LogP contribution < -0.4 is 10.6 Å². The molecule has 2 atom stereocenters. The van der Waals surface area contributed by atoms with E-state index in [0.29, 0.717) is 29.6 Å². The van der Waals surface area contributed by atoms with Gasteiger partial charge in [0, 0.05) is 19.0 Å². The van der Waals surface area contributed by atoms with Crippen molar-refractivity contribution in [3.05, 3.63) is 33.3 Å². The zero-order valence-electron chi connectivity index (χ0n) is 14.3. The molecular formula is C18H19Cl2N3O3. The molecule has 2 aliphatic heterocycles. The van der Waals surface area contributed by atoms with E-state index in [1.165, 1.54) is 0 Å². The molecule has 3 aliphatic rings. The summed E-state index contributed by atoms with van der Waals surface area (Å²) in [6.45, 7) is 2.77. The van der Waals surface area contributed by atoms with Gasteiger partial charge in [-0.05, 0) is 48.4 Å². The highest BCUT2D eigenvalue weighted by Gasteiger charge is 2.56. The van der Waals surface area contributed by atoms with Crippen molar-refractivity contribution in [3.63, 3.8) is 0 Å². The third kappa shape index (κ3) is 2.85. The Morgan fingerprint density at radius 1 is 1.23 bits per heavy atom. The molecule has 1 saturated carbocycles. The van der Waals surface area contributed by atoms with Crippen LogP contribution in [0.25, 0.3) is 0 Å². The van der Waals surface area contributed by atoms with E-state index in [2.05, 4.69) is 10.6 Å². The minimum atomic E-state index is -0.953. The third-order valence-electron chi connectivity index (χ3n) is 5.57. The van der Waals surface area contributed by atoms with E-state index in [1.54, 1.807) is 17.0 Å². The Morgan fingerprint density at radius 2 is 1.81 bits per heavy atom. The van der Waals surface area contributed by atoms with Crippen LogP contribution in [0.15, 0.2) is 12.1 Å². The van der Waals surface area contributed by atoms with Crippen LogP contribution >= 0.6 is 23.2 Å². The molecule has 1 saturated heterocycles. The number of imide groups is 1. The summed E-state index contributed by atoms with van der Waals surface area (Å²) in [4.78, 5) is 38.7. The molecule has 2 heterocycles. The second-order valence-corrected chi connectivity index (χ2v) is 8.30. The maximum atomic E-state index is 13.0. The minimum Gasteiger partial charge on any atom is -0.334 e.